The highest BCUT2D eigenvalue weighted by atomic mass is 16.6. The summed E-state index contributed by atoms with van der Waals surface area (Å²) in [6, 6.07) is 9.36. The van der Waals surface area contributed by atoms with Crippen molar-refractivity contribution in [1.29, 1.82) is 0 Å². The van der Waals surface area contributed by atoms with E-state index in [1.807, 2.05) is 0 Å². The van der Waals surface area contributed by atoms with Gasteiger partial charge in [0.1, 0.15) is 0 Å². The molecule has 1 aromatic heterocycles. The number of hydrogen-bond donors (Lipinski definition) is 1. The van der Waals surface area contributed by atoms with Crippen LogP contribution in [0.2, 0.25) is 0 Å². The molecule has 0 bridgehead atoms. The Labute approximate surface area is 107 Å². The fourth-order valence-electron chi connectivity index (χ4n) is 1.45. The lowest BCUT2D eigenvalue weighted by molar-refractivity contribution is -0.384. The summed E-state index contributed by atoms with van der Waals surface area (Å²) in [5, 5.41) is 10.9. The average molecular weight is 259 g/mol. The number of nitrogens with two attached hydrogens (primary N) is 1. The molecule has 2 rings (SSSR count). The van der Waals surface area contributed by atoms with Gasteiger partial charge in [0.05, 0.1) is 10.5 Å². The van der Waals surface area contributed by atoms with Gasteiger partial charge < -0.3 is 10.5 Å². The highest BCUT2D eigenvalue weighted by molar-refractivity contribution is 5.91. The third-order valence-electron chi connectivity index (χ3n) is 2.31. The normalized spacial score (nSPS) is 9.89. The zero-order valence-corrected chi connectivity index (χ0v) is 9.65. The molecule has 96 valence electrons. The van der Waals surface area contributed by atoms with Crippen LogP contribution in [0.1, 0.15) is 10.4 Å². The maximum atomic E-state index is 11.8. The fourth-order valence-corrected chi connectivity index (χ4v) is 1.45. The number of rotatable bonds is 3. The highest BCUT2D eigenvalue weighted by Gasteiger charge is 2.23. The molecule has 0 saturated carbocycles. The molecule has 1 heterocycles. The van der Waals surface area contributed by atoms with Crippen LogP contribution < -0.4 is 10.5 Å². The number of carbonyl (C=O) groups excluding carboxylic acids is 1. The first-order chi connectivity index (χ1) is 9.09. The molecule has 0 amide bonds. The molecule has 0 radical (unpaired) electrons. The van der Waals surface area contributed by atoms with Gasteiger partial charge in [0.15, 0.2) is 0 Å². The van der Waals surface area contributed by atoms with E-state index in [0.29, 0.717) is 0 Å². The number of anilines is 1. The van der Waals surface area contributed by atoms with E-state index in [4.69, 9.17) is 10.5 Å². The van der Waals surface area contributed by atoms with Crippen molar-refractivity contribution in [2.24, 2.45) is 0 Å². The standard InChI is InChI=1S/C12H9N3O4/c13-11-10(15(17)18)9(6-7-14-11)19-12(16)8-4-2-1-3-5-8/h1-7H,(H2,13,14). The van der Waals surface area contributed by atoms with Crippen molar-refractivity contribution in [2.75, 3.05) is 5.73 Å². The minimum absolute atomic E-state index is 0.230. The number of pyridine rings is 1. The number of aromatic nitrogens is 1. The van der Waals surface area contributed by atoms with E-state index in [1.165, 1.54) is 12.3 Å². The summed E-state index contributed by atoms with van der Waals surface area (Å²) in [6.07, 6.45) is 1.23. The fraction of sp³-hybridized carbons (Fsp3) is 0. The Morgan fingerprint density at radius 2 is 1.95 bits per heavy atom. The van der Waals surface area contributed by atoms with E-state index >= 15 is 0 Å². The minimum atomic E-state index is -0.740. The third-order valence-corrected chi connectivity index (χ3v) is 2.31. The van der Waals surface area contributed by atoms with Crippen molar-refractivity contribution in [1.82, 2.24) is 4.98 Å². The number of nitrogens with zero attached hydrogens (tertiary/aromatic N) is 2. The number of nitro groups is 1. The minimum Gasteiger partial charge on any atom is -0.415 e. The summed E-state index contributed by atoms with van der Waals surface area (Å²) in [6.45, 7) is 0. The number of ether oxygens (including phenoxy) is 1. The average Bonchev–Trinajstić information content (AvgIpc) is 2.39. The molecular weight excluding hydrogens is 250 g/mol. The Balaban J connectivity index is 2.32. The molecule has 0 saturated heterocycles. The highest BCUT2D eigenvalue weighted by Crippen LogP contribution is 2.31. The van der Waals surface area contributed by atoms with Gasteiger partial charge in [-0.15, -0.1) is 0 Å². The van der Waals surface area contributed by atoms with Crippen molar-refractivity contribution in [3.05, 3.63) is 58.3 Å². The largest absolute Gasteiger partial charge is 0.415 e. The zero-order valence-electron chi connectivity index (χ0n) is 9.65. The van der Waals surface area contributed by atoms with Crippen LogP contribution in [-0.2, 0) is 0 Å². The van der Waals surface area contributed by atoms with E-state index in [2.05, 4.69) is 4.98 Å². The Hall–Kier alpha value is -2.96. The maximum Gasteiger partial charge on any atom is 0.353 e. The Bertz CT molecular complexity index is 628. The molecule has 0 aliphatic heterocycles. The zero-order chi connectivity index (χ0) is 13.8. The number of benzene rings is 1. The maximum absolute atomic E-state index is 11.8. The second kappa shape index (κ2) is 5.13. The smallest absolute Gasteiger partial charge is 0.353 e. The summed E-state index contributed by atoms with van der Waals surface area (Å²) >= 11 is 0. The number of hydrogen-bond acceptors (Lipinski definition) is 6. The van der Waals surface area contributed by atoms with Gasteiger partial charge in [0.25, 0.3) is 0 Å². The molecule has 2 N–H and O–H groups in total. The second-order valence-corrected chi connectivity index (χ2v) is 3.56. The van der Waals surface area contributed by atoms with E-state index in [1.54, 1.807) is 30.3 Å². The third kappa shape index (κ3) is 2.65. The topological polar surface area (TPSA) is 108 Å². The predicted molar refractivity (Wildman–Crippen MR) is 66.7 cm³/mol. The molecular formula is C12H9N3O4. The van der Waals surface area contributed by atoms with Gasteiger partial charge in [-0.1, -0.05) is 18.2 Å². The summed E-state index contributed by atoms with van der Waals surface area (Å²) in [5.41, 5.74) is 5.16. The van der Waals surface area contributed by atoms with Crippen LogP contribution in [0.15, 0.2) is 42.6 Å². The predicted octanol–water partition coefficient (Wildman–Crippen LogP) is 1.79. The second-order valence-electron chi connectivity index (χ2n) is 3.56. The lowest BCUT2D eigenvalue weighted by atomic mass is 10.2. The van der Waals surface area contributed by atoms with E-state index in [9.17, 15) is 14.9 Å². The molecule has 0 aliphatic carbocycles. The molecule has 0 fully saturated rings. The van der Waals surface area contributed by atoms with Gasteiger partial charge in [-0.2, -0.15) is 0 Å². The molecule has 2 aromatic rings. The summed E-state index contributed by atoms with van der Waals surface area (Å²) in [7, 11) is 0. The van der Waals surface area contributed by atoms with Crippen molar-refractivity contribution in [2.45, 2.75) is 0 Å². The lowest BCUT2D eigenvalue weighted by Crippen LogP contribution is -2.10. The van der Waals surface area contributed by atoms with Gasteiger partial charge in [-0.3, -0.25) is 10.1 Å². The van der Waals surface area contributed by atoms with Gasteiger partial charge >= 0.3 is 11.7 Å². The summed E-state index contributed by atoms with van der Waals surface area (Å²) in [4.78, 5) is 25.5. The quantitative estimate of drug-likeness (QED) is 0.511. The molecule has 19 heavy (non-hydrogen) atoms. The van der Waals surface area contributed by atoms with Crippen LogP contribution in [0.25, 0.3) is 0 Å². The molecule has 0 unspecified atom stereocenters. The SMILES string of the molecule is Nc1nccc(OC(=O)c2ccccc2)c1[N+](=O)[O-]. The lowest BCUT2D eigenvalue weighted by Gasteiger charge is -2.05. The first-order valence-electron chi connectivity index (χ1n) is 5.25. The summed E-state index contributed by atoms with van der Waals surface area (Å²) < 4.78 is 4.97. The van der Waals surface area contributed by atoms with E-state index in [-0.39, 0.29) is 17.1 Å². The van der Waals surface area contributed by atoms with Crippen LogP contribution in [0, 0.1) is 10.1 Å². The molecule has 0 spiro atoms. The first kappa shape index (κ1) is 12.5. The number of carbonyl (C=O) groups is 1. The van der Waals surface area contributed by atoms with Gasteiger partial charge in [-0.25, -0.2) is 9.78 Å². The van der Waals surface area contributed by atoms with Crippen molar-refractivity contribution >= 4 is 17.5 Å². The molecule has 7 nitrogen and oxygen atoms in total. The van der Waals surface area contributed by atoms with Crippen LogP contribution in [0.3, 0.4) is 0 Å². The molecule has 0 atom stereocenters. The van der Waals surface area contributed by atoms with E-state index < -0.39 is 16.6 Å². The molecule has 1 aromatic carbocycles. The van der Waals surface area contributed by atoms with Crippen molar-refractivity contribution in [3.63, 3.8) is 0 Å². The van der Waals surface area contributed by atoms with Crippen LogP contribution >= 0.6 is 0 Å². The van der Waals surface area contributed by atoms with Gasteiger partial charge in [0, 0.05) is 12.3 Å². The Kier molecular flexibility index (Phi) is 3.37. The van der Waals surface area contributed by atoms with Crippen molar-refractivity contribution < 1.29 is 14.5 Å². The van der Waals surface area contributed by atoms with E-state index in [0.717, 1.165) is 0 Å². The molecule has 0 aliphatic rings. The Morgan fingerprint density at radius 3 is 2.58 bits per heavy atom. The number of esters is 1. The van der Waals surface area contributed by atoms with Gasteiger partial charge in [0.2, 0.25) is 11.6 Å². The van der Waals surface area contributed by atoms with Crippen LogP contribution in [-0.4, -0.2) is 15.9 Å². The number of nitrogen functional groups attached to an aromatic ring is 1. The van der Waals surface area contributed by atoms with Crippen molar-refractivity contribution in [3.8, 4) is 5.75 Å². The first-order valence-corrected chi connectivity index (χ1v) is 5.25. The Morgan fingerprint density at radius 1 is 1.26 bits per heavy atom. The van der Waals surface area contributed by atoms with Gasteiger partial charge in [-0.05, 0) is 12.1 Å². The molecule has 7 heteroatoms. The van der Waals surface area contributed by atoms with Crippen LogP contribution in [0.5, 0.6) is 5.75 Å². The summed E-state index contributed by atoms with van der Waals surface area (Å²) in [5.74, 6) is -1.23. The van der Waals surface area contributed by atoms with Crippen LogP contribution in [0.4, 0.5) is 11.5 Å². The monoisotopic (exact) mass is 259 g/mol.